The monoisotopic (exact) mass is 168 g/mol. The van der Waals surface area contributed by atoms with Gasteiger partial charge in [-0.25, -0.2) is 0 Å². The van der Waals surface area contributed by atoms with Crippen LogP contribution in [0.4, 0.5) is 0 Å². The molecular weight excluding hydrogens is 150 g/mol. The van der Waals surface area contributed by atoms with E-state index < -0.39 is 0 Å². The van der Waals surface area contributed by atoms with Gasteiger partial charge in [-0.3, -0.25) is 4.90 Å². The molecule has 12 heavy (non-hydrogen) atoms. The van der Waals surface area contributed by atoms with Crippen molar-refractivity contribution in [1.82, 2.24) is 4.90 Å². The normalized spacial score (nSPS) is 19.8. The summed E-state index contributed by atoms with van der Waals surface area (Å²) in [7, 11) is 0. The second-order valence-corrected chi connectivity index (χ2v) is 3.01. The van der Waals surface area contributed by atoms with Gasteiger partial charge in [0.25, 0.3) is 0 Å². The van der Waals surface area contributed by atoms with Crippen molar-refractivity contribution in [2.45, 2.75) is 19.8 Å². The van der Waals surface area contributed by atoms with E-state index in [4.69, 9.17) is 4.74 Å². The average Bonchev–Trinajstić information content (AvgIpc) is 2.15. The van der Waals surface area contributed by atoms with Gasteiger partial charge in [-0.05, 0) is 12.8 Å². The van der Waals surface area contributed by atoms with Gasteiger partial charge in [0.05, 0.1) is 13.2 Å². The highest BCUT2D eigenvalue weighted by molar-refractivity contribution is 4.95. The Bertz CT molecular complexity index is 130. The third kappa shape index (κ3) is 2.61. The number of nitrogens with zero attached hydrogens (tertiary/aromatic N) is 1. The largest absolute Gasteiger partial charge is 0.379 e. The lowest BCUT2D eigenvalue weighted by molar-refractivity contribution is 0.0389. The molecule has 0 spiro atoms. The van der Waals surface area contributed by atoms with Crippen LogP contribution in [0.3, 0.4) is 0 Å². The second-order valence-electron chi connectivity index (χ2n) is 3.01. The molecule has 0 unspecified atom stereocenters. The van der Waals surface area contributed by atoms with Gasteiger partial charge in [0.1, 0.15) is 0 Å². The van der Waals surface area contributed by atoms with Crippen molar-refractivity contribution in [1.29, 1.82) is 0 Å². The second kappa shape index (κ2) is 5.33. The minimum absolute atomic E-state index is 0.876. The summed E-state index contributed by atoms with van der Waals surface area (Å²) in [6, 6.07) is 1.49. The highest BCUT2D eigenvalue weighted by atomic mass is 16.5. The van der Waals surface area contributed by atoms with Crippen LogP contribution in [-0.4, -0.2) is 31.2 Å². The molecule has 0 saturated carbocycles. The van der Waals surface area contributed by atoms with Gasteiger partial charge < -0.3 is 4.74 Å². The van der Waals surface area contributed by atoms with E-state index in [0.29, 0.717) is 0 Å². The smallest absolute Gasteiger partial charge is 0.0594 e. The molecule has 2 nitrogen and oxygen atoms in total. The van der Waals surface area contributed by atoms with Gasteiger partial charge in [-0.15, -0.1) is 6.58 Å². The number of morpholine rings is 1. The molecule has 1 rings (SSSR count). The maximum atomic E-state index is 5.29. The van der Waals surface area contributed by atoms with Crippen LogP contribution in [0.25, 0.3) is 0 Å². The molecule has 0 amide bonds. The van der Waals surface area contributed by atoms with Crippen molar-refractivity contribution in [2.24, 2.45) is 0 Å². The van der Waals surface area contributed by atoms with Gasteiger partial charge in [0.15, 0.2) is 0 Å². The lowest BCUT2D eigenvalue weighted by atomic mass is 10.1. The first-order chi connectivity index (χ1) is 5.88. The molecule has 2 heteroatoms. The molecule has 1 saturated heterocycles. The molecule has 0 bridgehead atoms. The Morgan fingerprint density at radius 3 is 2.67 bits per heavy atom. The summed E-state index contributed by atoms with van der Waals surface area (Å²) in [6.45, 7) is 9.82. The molecule has 0 aromatic carbocycles. The van der Waals surface area contributed by atoms with Crippen LogP contribution in [0.1, 0.15) is 19.8 Å². The van der Waals surface area contributed by atoms with E-state index in [9.17, 15) is 0 Å². The first-order valence-corrected chi connectivity index (χ1v) is 4.66. The minimum Gasteiger partial charge on any atom is -0.379 e. The SMILES string of the molecule is C=CC[C](CC)N1CCOCC1. The molecule has 0 N–H and O–H groups in total. The molecule has 0 aromatic rings. The molecule has 69 valence electrons. The molecule has 0 aromatic heterocycles. The van der Waals surface area contributed by atoms with E-state index in [0.717, 1.165) is 39.1 Å². The zero-order chi connectivity index (χ0) is 8.81. The average molecular weight is 168 g/mol. The first kappa shape index (κ1) is 9.75. The third-order valence-corrected chi connectivity index (χ3v) is 2.25. The Labute approximate surface area is 75.2 Å². The van der Waals surface area contributed by atoms with Gasteiger partial charge in [0, 0.05) is 19.1 Å². The van der Waals surface area contributed by atoms with E-state index in [1.165, 1.54) is 6.04 Å². The van der Waals surface area contributed by atoms with Crippen molar-refractivity contribution >= 4 is 0 Å². The number of hydrogen-bond acceptors (Lipinski definition) is 2. The summed E-state index contributed by atoms with van der Waals surface area (Å²) in [6.07, 6.45) is 4.14. The molecule has 1 heterocycles. The molecule has 1 fully saturated rings. The van der Waals surface area contributed by atoms with E-state index in [1.54, 1.807) is 0 Å². The summed E-state index contributed by atoms with van der Waals surface area (Å²) in [5, 5.41) is 0. The van der Waals surface area contributed by atoms with Gasteiger partial charge >= 0.3 is 0 Å². The predicted molar refractivity (Wildman–Crippen MR) is 50.7 cm³/mol. The van der Waals surface area contributed by atoms with E-state index in [1.807, 2.05) is 6.08 Å². The van der Waals surface area contributed by atoms with Crippen LogP contribution < -0.4 is 0 Å². The van der Waals surface area contributed by atoms with Crippen LogP contribution in [0.15, 0.2) is 12.7 Å². The Morgan fingerprint density at radius 1 is 1.50 bits per heavy atom. The highest BCUT2D eigenvalue weighted by Crippen LogP contribution is 2.18. The van der Waals surface area contributed by atoms with E-state index >= 15 is 0 Å². The fourth-order valence-corrected chi connectivity index (χ4v) is 1.54. The molecule has 0 aliphatic carbocycles. The highest BCUT2D eigenvalue weighted by Gasteiger charge is 2.18. The predicted octanol–water partition coefficient (Wildman–Crippen LogP) is 1.84. The number of rotatable bonds is 4. The van der Waals surface area contributed by atoms with Gasteiger partial charge in [0.2, 0.25) is 0 Å². The van der Waals surface area contributed by atoms with Crippen LogP contribution in [-0.2, 0) is 4.74 Å². The Kier molecular flexibility index (Phi) is 4.33. The van der Waals surface area contributed by atoms with Crippen molar-refractivity contribution < 1.29 is 4.74 Å². The van der Waals surface area contributed by atoms with Crippen LogP contribution in [0.5, 0.6) is 0 Å². The van der Waals surface area contributed by atoms with Crippen molar-refractivity contribution in [2.75, 3.05) is 26.3 Å². The maximum Gasteiger partial charge on any atom is 0.0594 e. The summed E-state index contributed by atoms with van der Waals surface area (Å²) in [4.78, 5) is 2.42. The zero-order valence-electron chi connectivity index (χ0n) is 7.88. The lowest BCUT2D eigenvalue weighted by Gasteiger charge is -2.32. The summed E-state index contributed by atoms with van der Waals surface area (Å²) in [5.74, 6) is 0. The Balaban J connectivity index is 2.34. The molecular formula is C10H18NO. The van der Waals surface area contributed by atoms with Gasteiger partial charge in [-0.1, -0.05) is 13.0 Å². The third-order valence-electron chi connectivity index (χ3n) is 2.25. The minimum atomic E-state index is 0.876. The Morgan fingerprint density at radius 2 is 2.17 bits per heavy atom. The fraction of sp³-hybridized carbons (Fsp3) is 0.700. The maximum absolute atomic E-state index is 5.29. The fourth-order valence-electron chi connectivity index (χ4n) is 1.54. The van der Waals surface area contributed by atoms with Gasteiger partial charge in [-0.2, -0.15) is 0 Å². The van der Waals surface area contributed by atoms with E-state index in [2.05, 4.69) is 18.4 Å². The van der Waals surface area contributed by atoms with Crippen molar-refractivity contribution in [3.63, 3.8) is 0 Å². The van der Waals surface area contributed by atoms with Crippen molar-refractivity contribution in [3.8, 4) is 0 Å². The number of ether oxygens (including phenoxy) is 1. The molecule has 1 aliphatic heterocycles. The summed E-state index contributed by atoms with van der Waals surface area (Å²) >= 11 is 0. The summed E-state index contributed by atoms with van der Waals surface area (Å²) < 4.78 is 5.29. The molecule has 1 aliphatic rings. The quantitative estimate of drug-likeness (QED) is 0.594. The Hall–Kier alpha value is -0.340. The molecule has 0 atom stereocenters. The number of hydrogen-bond donors (Lipinski definition) is 0. The lowest BCUT2D eigenvalue weighted by Crippen LogP contribution is -2.38. The van der Waals surface area contributed by atoms with Crippen LogP contribution in [0, 0.1) is 6.04 Å². The van der Waals surface area contributed by atoms with Crippen molar-refractivity contribution in [3.05, 3.63) is 18.7 Å². The first-order valence-electron chi connectivity index (χ1n) is 4.66. The topological polar surface area (TPSA) is 12.5 Å². The summed E-state index contributed by atoms with van der Waals surface area (Å²) in [5.41, 5.74) is 0. The van der Waals surface area contributed by atoms with E-state index in [-0.39, 0.29) is 0 Å². The zero-order valence-corrected chi connectivity index (χ0v) is 7.88. The van der Waals surface area contributed by atoms with Crippen LogP contribution in [0.2, 0.25) is 0 Å². The standard InChI is InChI=1S/C10H18NO/c1-3-5-10(4-2)11-6-8-12-9-7-11/h3H,1,4-9H2,2H3. The molecule has 1 radical (unpaired) electrons. The van der Waals surface area contributed by atoms with Crippen LogP contribution >= 0.6 is 0 Å².